The van der Waals surface area contributed by atoms with Gasteiger partial charge in [-0.05, 0) is 56.2 Å². The molecule has 8 nitrogen and oxygen atoms in total. The lowest BCUT2D eigenvalue weighted by atomic mass is 9.92. The predicted octanol–water partition coefficient (Wildman–Crippen LogP) is 3.75. The molecule has 1 saturated carbocycles. The Morgan fingerprint density at radius 1 is 0.943 bits per heavy atom. The van der Waals surface area contributed by atoms with Gasteiger partial charge in [-0.1, -0.05) is 0 Å². The third-order valence-electron chi connectivity index (χ3n) is 7.51. The molecule has 3 aliphatic rings. The van der Waals surface area contributed by atoms with E-state index >= 15 is 0 Å². The van der Waals surface area contributed by atoms with Crippen molar-refractivity contribution in [3.05, 3.63) is 41.1 Å². The summed E-state index contributed by atoms with van der Waals surface area (Å²) < 4.78 is 27.1. The number of carbonyl (C=O) groups excluding carboxylic acids is 2. The maximum Gasteiger partial charge on any atom is 0.256 e. The van der Waals surface area contributed by atoms with Gasteiger partial charge in [-0.15, -0.1) is 0 Å². The fraction of sp³-hybridized carbons (Fsp3) is 0.520. The first-order chi connectivity index (χ1) is 16.6. The average molecular weight is 485 g/mol. The van der Waals surface area contributed by atoms with E-state index in [9.17, 15) is 18.4 Å². The summed E-state index contributed by atoms with van der Waals surface area (Å²) >= 11 is 0. The quantitative estimate of drug-likeness (QED) is 0.670. The largest absolute Gasteiger partial charge is 0.371 e. The zero-order chi connectivity index (χ0) is 24.8. The van der Waals surface area contributed by atoms with E-state index in [0.717, 1.165) is 25.9 Å². The number of primary amides is 1. The van der Waals surface area contributed by atoms with E-state index in [2.05, 4.69) is 20.2 Å². The number of nitrogens with one attached hydrogen (secondary N) is 1. The van der Waals surface area contributed by atoms with Crippen molar-refractivity contribution in [2.24, 2.45) is 11.1 Å². The number of nitrogens with two attached hydrogens (primary N) is 1. The lowest BCUT2D eigenvalue weighted by molar-refractivity contribution is -0.0222. The second kappa shape index (κ2) is 8.73. The van der Waals surface area contributed by atoms with Crippen molar-refractivity contribution in [2.45, 2.75) is 51.4 Å². The normalized spacial score (nSPS) is 20.5. The van der Waals surface area contributed by atoms with Gasteiger partial charge in [0.1, 0.15) is 5.82 Å². The highest BCUT2D eigenvalue weighted by molar-refractivity contribution is 6.06. The first-order valence-electron chi connectivity index (χ1n) is 12.1. The Bertz CT molecular complexity index is 1150. The van der Waals surface area contributed by atoms with E-state index in [0.29, 0.717) is 39.7 Å². The van der Waals surface area contributed by atoms with Gasteiger partial charge in [0.2, 0.25) is 5.95 Å². The molecule has 0 unspecified atom stereocenters. The van der Waals surface area contributed by atoms with Crippen molar-refractivity contribution in [1.29, 1.82) is 0 Å². The Kier molecular flexibility index (Phi) is 5.85. The number of piperidine rings is 2. The molecule has 10 heteroatoms. The molecule has 35 heavy (non-hydrogen) atoms. The standard InChI is InChI=1S/C25H30F2N6O2/c1-16-14-20(31-23(29-16)33-12-8-25(26,27)9-13-33)30-22(35)17-2-3-18(21(28)34)19(15-17)32-10-6-24(4-5-24)7-11-32/h2-3,14-15H,4-13H2,1H3,(H2,28,34)(H,29,30,31,35). The molecule has 0 radical (unpaired) electrons. The monoisotopic (exact) mass is 484 g/mol. The van der Waals surface area contributed by atoms with Crippen LogP contribution in [0.1, 0.15) is 64.9 Å². The first kappa shape index (κ1) is 23.4. The van der Waals surface area contributed by atoms with Crippen LogP contribution in [0.2, 0.25) is 0 Å². The molecule has 2 saturated heterocycles. The van der Waals surface area contributed by atoms with Crippen LogP contribution >= 0.6 is 0 Å². The van der Waals surface area contributed by atoms with Crippen molar-refractivity contribution < 1.29 is 18.4 Å². The second-order valence-corrected chi connectivity index (χ2v) is 10.1. The summed E-state index contributed by atoms with van der Waals surface area (Å²) in [7, 11) is 0. The summed E-state index contributed by atoms with van der Waals surface area (Å²) in [6.07, 6.45) is 4.19. The van der Waals surface area contributed by atoms with E-state index in [-0.39, 0.29) is 31.8 Å². The number of nitrogens with zero attached hydrogens (tertiary/aromatic N) is 4. The first-order valence-corrected chi connectivity index (χ1v) is 12.1. The highest BCUT2D eigenvalue weighted by Gasteiger charge is 2.44. The minimum atomic E-state index is -2.67. The number of aryl methyl sites for hydroxylation is 1. The number of carbonyl (C=O) groups is 2. The van der Waals surface area contributed by atoms with Gasteiger partial charge in [-0.2, -0.15) is 4.98 Å². The minimum absolute atomic E-state index is 0.152. The van der Waals surface area contributed by atoms with Gasteiger partial charge in [0.05, 0.1) is 11.3 Å². The summed E-state index contributed by atoms with van der Waals surface area (Å²) in [5.74, 6) is -2.96. The van der Waals surface area contributed by atoms with E-state index in [1.54, 1.807) is 36.1 Å². The van der Waals surface area contributed by atoms with Gasteiger partial charge in [0.15, 0.2) is 0 Å². The summed E-state index contributed by atoms with van der Waals surface area (Å²) in [5.41, 5.74) is 8.18. The SMILES string of the molecule is Cc1cc(NC(=O)c2ccc(C(N)=O)c(N3CCC4(CC3)CC4)c2)nc(N2CCC(F)(F)CC2)n1. The van der Waals surface area contributed by atoms with Crippen LogP contribution in [0, 0.1) is 12.3 Å². The van der Waals surface area contributed by atoms with Gasteiger partial charge >= 0.3 is 0 Å². The lowest BCUT2D eigenvalue weighted by Crippen LogP contribution is -2.40. The number of hydrogen-bond acceptors (Lipinski definition) is 6. The number of aromatic nitrogens is 2. The highest BCUT2D eigenvalue weighted by Crippen LogP contribution is 2.54. The molecule has 3 fully saturated rings. The van der Waals surface area contributed by atoms with E-state index in [1.807, 2.05) is 0 Å². The van der Waals surface area contributed by atoms with Crippen molar-refractivity contribution in [1.82, 2.24) is 9.97 Å². The van der Waals surface area contributed by atoms with Crippen LogP contribution in [-0.4, -0.2) is 53.9 Å². The molecule has 2 aromatic rings. The highest BCUT2D eigenvalue weighted by atomic mass is 19.3. The summed E-state index contributed by atoms with van der Waals surface area (Å²) in [6, 6.07) is 6.52. The van der Waals surface area contributed by atoms with Gasteiger partial charge in [-0.3, -0.25) is 9.59 Å². The molecular formula is C25H30F2N6O2. The Balaban J connectivity index is 1.34. The summed E-state index contributed by atoms with van der Waals surface area (Å²) in [5, 5.41) is 2.80. The minimum Gasteiger partial charge on any atom is -0.371 e. The molecule has 3 N–H and O–H groups in total. The van der Waals surface area contributed by atoms with Crippen LogP contribution in [-0.2, 0) is 0 Å². The molecule has 0 atom stereocenters. The maximum atomic E-state index is 13.5. The van der Waals surface area contributed by atoms with Gasteiger partial charge < -0.3 is 20.9 Å². The van der Waals surface area contributed by atoms with Crippen LogP contribution in [0.15, 0.2) is 24.3 Å². The predicted molar refractivity (Wildman–Crippen MR) is 129 cm³/mol. The molecular weight excluding hydrogens is 454 g/mol. The zero-order valence-corrected chi connectivity index (χ0v) is 19.8. The van der Waals surface area contributed by atoms with Crippen molar-refractivity contribution in [3.63, 3.8) is 0 Å². The molecule has 5 rings (SSSR count). The zero-order valence-electron chi connectivity index (χ0n) is 19.8. The molecule has 0 bridgehead atoms. The number of amides is 2. The third kappa shape index (κ3) is 5.06. The van der Waals surface area contributed by atoms with Crippen LogP contribution in [0.3, 0.4) is 0 Å². The van der Waals surface area contributed by atoms with Crippen LogP contribution in [0.25, 0.3) is 0 Å². The van der Waals surface area contributed by atoms with Gasteiger partial charge in [0, 0.05) is 56.3 Å². The average Bonchev–Trinajstić information content (AvgIpc) is 3.57. The Morgan fingerprint density at radius 2 is 1.60 bits per heavy atom. The smallest absolute Gasteiger partial charge is 0.256 e. The summed E-state index contributed by atoms with van der Waals surface area (Å²) in [6.45, 7) is 3.73. The molecule has 1 aromatic carbocycles. The van der Waals surface area contributed by atoms with Gasteiger partial charge in [-0.25, -0.2) is 13.8 Å². The fourth-order valence-electron chi connectivity index (χ4n) is 5.02. The van der Waals surface area contributed by atoms with Gasteiger partial charge in [0.25, 0.3) is 17.7 Å². The Labute approximate surface area is 202 Å². The molecule has 1 aliphatic carbocycles. The van der Waals surface area contributed by atoms with Crippen molar-refractivity contribution in [2.75, 3.05) is 41.3 Å². The number of anilines is 3. The number of halogens is 2. The molecule has 2 aliphatic heterocycles. The van der Waals surface area contributed by atoms with E-state index < -0.39 is 11.8 Å². The van der Waals surface area contributed by atoms with E-state index in [1.165, 1.54) is 12.8 Å². The molecule has 1 spiro atoms. The van der Waals surface area contributed by atoms with Crippen LogP contribution in [0.4, 0.5) is 26.2 Å². The lowest BCUT2D eigenvalue weighted by Gasteiger charge is -2.34. The van der Waals surface area contributed by atoms with Crippen LogP contribution < -0.4 is 20.9 Å². The van der Waals surface area contributed by atoms with E-state index in [4.69, 9.17) is 5.73 Å². The van der Waals surface area contributed by atoms with Crippen molar-refractivity contribution >= 4 is 29.3 Å². The second-order valence-electron chi connectivity index (χ2n) is 10.1. The molecule has 1 aromatic heterocycles. The number of alkyl halides is 2. The third-order valence-corrected chi connectivity index (χ3v) is 7.51. The van der Waals surface area contributed by atoms with Crippen molar-refractivity contribution in [3.8, 4) is 0 Å². The van der Waals surface area contributed by atoms with Crippen LogP contribution in [0.5, 0.6) is 0 Å². The topological polar surface area (TPSA) is 104 Å². The maximum absolute atomic E-state index is 13.5. The fourth-order valence-corrected chi connectivity index (χ4v) is 5.02. The molecule has 186 valence electrons. The number of benzene rings is 1. The number of hydrogen-bond donors (Lipinski definition) is 2. The summed E-state index contributed by atoms with van der Waals surface area (Å²) in [4.78, 5) is 37.8. The Hall–Kier alpha value is -3.30. The Morgan fingerprint density at radius 3 is 2.23 bits per heavy atom. The number of rotatable bonds is 5. The molecule has 3 heterocycles. The molecule has 2 amide bonds.